The van der Waals surface area contributed by atoms with Gasteiger partial charge >= 0.3 is 0 Å². The van der Waals surface area contributed by atoms with E-state index in [4.69, 9.17) is 10.5 Å². The predicted molar refractivity (Wildman–Crippen MR) is 71.5 cm³/mol. The lowest BCUT2D eigenvalue weighted by Crippen LogP contribution is -2.49. The van der Waals surface area contributed by atoms with E-state index in [2.05, 4.69) is 27.8 Å². The molecule has 4 heteroatoms. The van der Waals surface area contributed by atoms with Crippen molar-refractivity contribution in [2.45, 2.75) is 13.3 Å². The Morgan fingerprint density at radius 2 is 2.22 bits per heavy atom. The van der Waals surface area contributed by atoms with Crippen LogP contribution in [0.2, 0.25) is 0 Å². The Labute approximate surface area is 107 Å². The van der Waals surface area contributed by atoms with Crippen LogP contribution in [0, 0.1) is 12.3 Å². The quantitative estimate of drug-likeness (QED) is 0.889. The number of aromatic nitrogens is 2. The molecular weight excluding hydrogens is 226 g/mol. The Hall–Kier alpha value is -1.39. The summed E-state index contributed by atoms with van der Waals surface area (Å²) in [7, 11) is 2.05. The molecule has 0 bridgehead atoms. The maximum absolute atomic E-state index is 5.86. The summed E-state index contributed by atoms with van der Waals surface area (Å²) in [6, 6.07) is 6.51. The summed E-state index contributed by atoms with van der Waals surface area (Å²) in [5.41, 5.74) is 9.56. The molecule has 0 radical (unpaired) electrons. The molecule has 1 saturated heterocycles. The molecule has 2 heterocycles. The lowest BCUT2D eigenvalue weighted by Gasteiger charge is -2.40. The molecule has 1 aromatic carbocycles. The van der Waals surface area contributed by atoms with Crippen molar-refractivity contribution >= 4 is 11.0 Å². The van der Waals surface area contributed by atoms with Crippen LogP contribution in [0.5, 0.6) is 0 Å². The molecule has 4 nitrogen and oxygen atoms in total. The Kier molecular flexibility index (Phi) is 2.64. The minimum atomic E-state index is 0.150. The molecule has 0 aliphatic carbocycles. The minimum Gasteiger partial charge on any atom is -0.380 e. The molecule has 1 aliphatic heterocycles. The van der Waals surface area contributed by atoms with Crippen LogP contribution in [0.3, 0.4) is 0 Å². The van der Waals surface area contributed by atoms with Crippen molar-refractivity contribution < 1.29 is 4.74 Å². The highest BCUT2D eigenvalue weighted by Crippen LogP contribution is 2.31. The van der Waals surface area contributed by atoms with E-state index in [0.29, 0.717) is 6.54 Å². The van der Waals surface area contributed by atoms with E-state index in [1.54, 1.807) is 0 Å². The lowest BCUT2D eigenvalue weighted by atomic mass is 9.80. The minimum absolute atomic E-state index is 0.150. The molecule has 0 atom stereocenters. The molecule has 0 spiro atoms. The van der Waals surface area contributed by atoms with Crippen molar-refractivity contribution in [2.75, 3.05) is 19.8 Å². The van der Waals surface area contributed by atoms with E-state index < -0.39 is 0 Å². The van der Waals surface area contributed by atoms with Gasteiger partial charge < -0.3 is 15.0 Å². The van der Waals surface area contributed by atoms with Crippen molar-refractivity contribution in [3.8, 4) is 0 Å². The van der Waals surface area contributed by atoms with Gasteiger partial charge in [0, 0.05) is 19.0 Å². The zero-order chi connectivity index (χ0) is 12.8. The Morgan fingerprint density at radius 1 is 1.44 bits per heavy atom. The molecule has 0 unspecified atom stereocenters. The number of rotatable bonds is 3. The van der Waals surface area contributed by atoms with Gasteiger partial charge in [0.05, 0.1) is 24.2 Å². The molecular formula is C14H19N3O. The zero-order valence-corrected chi connectivity index (χ0v) is 10.9. The average Bonchev–Trinajstić information content (AvgIpc) is 2.60. The van der Waals surface area contributed by atoms with E-state index in [1.807, 2.05) is 14.0 Å². The largest absolute Gasteiger partial charge is 0.380 e. The van der Waals surface area contributed by atoms with Crippen LogP contribution in [-0.2, 0) is 18.2 Å². The number of hydrogen-bond acceptors (Lipinski definition) is 3. The third-order valence-electron chi connectivity index (χ3n) is 4.00. The predicted octanol–water partition coefficient (Wildman–Crippen LogP) is 1.40. The number of fused-ring (bicyclic) bond motifs is 1. The molecule has 0 amide bonds. The summed E-state index contributed by atoms with van der Waals surface area (Å²) in [6.45, 7) is 4.28. The fraction of sp³-hybridized carbons (Fsp3) is 0.500. The fourth-order valence-corrected chi connectivity index (χ4v) is 2.59. The van der Waals surface area contributed by atoms with Crippen LogP contribution >= 0.6 is 0 Å². The van der Waals surface area contributed by atoms with Gasteiger partial charge in [0.1, 0.15) is 5.82 Å². The first-order chi connectivity index (χ1) is 8.63. The zero-order valence-electron chi connectivity index (χ0n) is 10.9. The fourth-order valence-electron chi connectivity index (χ4n) is 2.59. The molecule has 2 aromatic rings. The first-order valence-electron chi connectivity index (χ1n) is 6.33. The molecule has 18 heavy (non-hydrogen) atoms. The van der Waals surface area contributed by atoms with E-state index in [0.717, 1.165) is 31.0 Å². The SMILES string of the molecule is Cc1nc2cc(CC3(CN)COC3)ccc2n1C. The molecule has 96 valence electrons. The smallest absolute Gasteiger partial charge is 0.106 e. The molecule has 1 aromatic heterocycles. The number of aryl methyl sites for hydroxylation is 2. The third kappa shape index (κ3) is 1.72. The van der Waals surface area contributed by atoms with Crippen molar-refractivity contribution in [1.29, 1.82) is 0 Å². The van der Waals surface area contributed by atoms with Gasteiger partial charge in [-0.1, -0.05) is 6.07 Å². The lowest BCUT2D eigenvalue weighted by molar-refractivity contribution is -0.106. The van der Waals surface area contributed by atoms with Crippen LogP contribution in [0.15, 0.2) is 18.2 Å². The van der Waals surface area contributed by atoms with Crippen LogP contribution in [0.25, 0.3) is 11.0 Å². The standard InChI is InChI=1S/C14H19N3O/c1-10-16-12-5-11(3-4-13(12)17(10)2)6-14(7-15)8-18-9-14/h3-5H,6-9,15H2,1-2H3. The Balaban J connectivity index is 1.94. The van der Waals surface area contributed by atoms with Gasteiger partial charge in [0.25, 0.3) is 0 Å². The normalized spacial score (nSPS) is 17.9. The molecule has 0 saturated carbocycles. The van der Waals surface area contributed by atoms with Gasteiger partial charge in [-0.2, -0.15) is 0 Å². The van der Waals surface area contributed by atoms with Gasteiger partial charge in [0.2, 0.25) is 0 Å². The molecule has 2 N–H and O–H groups in total. The van der Waals surface area contributed by atoms with Gasteiger partial charge in [-0.15, -0.1) is 0 Å². The van der Waals surface area contributed by atoms with Crippen molar-refractivity contribution in [1.82, 2.24) is 9.55 Å². The Morgan fingerprint density at radius 3 is 2.83 bits per heavy atom. The maximum Gasteiger partial charge on any atom is 0.106 e. The molecule has 3 rings (SSSR count). The number of hydrogen-bond donors (Lipinski definition) is 1. The topological polar surface area (TPSA) is 53.1 Å². The Bertz CT molecular complexity index is 578. The second kappa shape index (κ2) is 4.07. The monoisotopic (exact) mass is 245 g/mol. The maximum atomic E-state index is 5.86. The summed E-state index contributed by atoms with van der Waals surface area (Å²) in [6.07, 6.45) is 0.981. The van der Waals surface area contributed by atoms with Crippen molar-refractivity contribution in [3.63, 3.8) is 0 Å². The van der Waals surface area contributed by atoms with E-state index >= 15 is 0 Å². The second-order valence-corrected chi connectivity index (χ2v) is 5.41. The summed E-state index contributed by atoms with van der Waals surface area (Å²) in [5.74, 6) is 1.04. The van der Waals surface area contributed by atoms with E-state index in [9.17, 15) is 0 Å². The molecule has 1 fully saturated rings. The van der Waals surface area contributed by atoms with Crippen molar-refractivity contribution in [2.24, 2.45) is 18.2 Å². The third-order valence-corrected chi connectivity index (χ3v) is 4.00. The van der Waals surface area contributed by atoms with Crippen LogP contribution in [0.1, 0.15) is 11.4 Å². The first-order valence-corrected chi connectivity index (χ1v) is 6.33. The number of nitrogens with zero attached hydrogens (tertiary/aromatic N) is 2. The number of nitrogens with two attached hydrogens (primary N) is 1. The van der Waals surface area contributed by atoms with Gasteiger partial charge in [0.15, 0.2) is 0 Å². The average molecular weight is 245 g/mol. The van der Waals surface area contributed by atoms with Gasteiger partial charge in [-0.3, -0.25) is 0 Å². The highest BCUT2D eigenvalue weighted by Gasteiger charge is 2.37. The van der Waals surface area contributed by atoms with Crippen LogP contribution in [0.4, 0.5) is 0 Å². The summed E-state index contributed by atoms with van der Waals surface area (Å²) in [5, 5.41) is 0. The molecule has 1 aliphatic rings. The van der Waals surface area contributed by atoms with Crippen molar-refractivity contribution in [3.05, 3.63) is 29.6 Å². The van der Waals surface area contributed by atoms with Gasteiger partial charge in [-0.25, -0.2) is 4.98 Å². The highest BCUT2D eigenvalue weighted by atomic mass is 16.5. The number of benzene rings is 1. The summed E-state index contributed by atoms with van der Waals surface area (Å²) < 4.78 is 7.43. The van der Waals surface area contributed by atoms with Crippen LogP contribution in [-0.4, -0.2) is 29.3 Å². The van der Waals surface area contributed by atoms with E-state index in [-0.39, 0.29) is 5.41 Å². The first kappa shape index (κ1) is 11.7. The summed E-state index contributed by atoms with van der Waals surface area (Å²) in [4.78, 5) is 4.57. The number of imidazole rings is 1. The van der Waals surface area contributed by atoms with Crippen LogP contribution < -0.4 is 5.73 Å². The second-order valence-electron chi connectivity index (χ2n) is 5.41. The summed E-state index contributed by atoms with van der Waals surface area (Å²) >= 11 is 0. The van der Waals surface area contributed by atoms with E-state index in [1.165, 1.54) is 11.1 Å². The van der Waals surface area contributed by atoms with Gasteiger partial charge in [-0.05, 0) is 31.0 Å². The number of ether oxygens (including phenoxy) is 1. The highest BCUT2D eigenvalue weighted by molar-refractivity contribution is 5.76.